The molecule has 2 aliphatic heterocycles. The Morgan fingerprint density at radius 2 is 1.21 bits per heavy atom. The van der Waals surface area contributed by atoms with Crippen LogP contribution in [0.2, 0.25) is 5.02 Å². The molecule has 1 aromatic heterocycles. The largest absolute Gasteiger partial charge is 0.417 e. The number of nitrogens with one attached hydrogen (secondary N) is 3. The Morgan fingerprint density at radius 1 is 0.613 bits per heavy atom. The second-order valence-corrected chi connectivity index (χ2v) is 31.3. The van der Waals surface area contributed by atoms with E-state index in [1.54, 1.807) is 36.4 Å². The lowest BCUT2D eigenvalue weighted by Crippen LogP contribution is -2.64. The lowest BCUT2D eigenvalue weighted by molar-refractivity contribution is -0.157. The van der Waals surface area contributed by atoms with Crippen LogP contribution in [0.1, 0.15) is 186 Å². The van der Waals surface area contributed by atoms with Crippen molar-refractivity contribution in [2.75, 3.05) is 95.1 Å². The van der Waals surface area contributed by atoms with Crippen LogP contribution in [0.4, 0.5) is 13.2 Å². The SMILES string of the molecule is CC[C@H](C)[C@@H]1NC(=O)[C@H](CC(C)C)N(C)C(=O)C[C@@H](C(=O)N2CCCCC2)N(C)C(=O)[C@H](C2CCCCC2)N(C)C(=O)C2(CCCC2)NC(=O)CN(CCc2ccncc2)C(=O)C(CCc2ccc(C(F)(F)F)c(Cl)c2)NC(=O)CN(C)C(=O)[C@H](CC2CCCCC2)N(C)C(=O)CN(C)C(=O)CN(C)C1=O. The van der Waals surface area contributed by atoms with Crippen molar-refractivity contribution < 1.29 is 70.7 Å². The third-order valence-electron chi connectivity index (χ3n) is 22.6. The summed E-state index contributed by atoms with van der Waals surface area (Å²) in [5, 5.41) is 8.13. The smallest absolute Gasteiger partial charge is 0.343 e. The molecule has 3 saturated carbocycles. The van der Waals surface area contributed by atoms with E-state index in [4.69, 9.17) is 11.6 Å². The molecule has 1 aromatic carbocycles. The molecule has 588 valence electrons. The number of benzene rings is 1. The fourth-order valence-corrected chi connectivity index (χ4v) is 16.1. The molecule has 1 unspecified atom stereocenters. The van der Waals surface area contributed by atoms with Gasteiger partial charge in [-0.3, -0.25) is 62.5 Å². The molecule has 29 heteroatoms. The van der Waals surface area contributed by atoms with Crippen LogP contribution in [0, 0.1) is 23.7 Å². The summed E-state index contributed by atoms with van der Waals surface area (Å²) in [4.78, 5) is 196. The Labute approximate surface area is 628 Å². The van der Waals surface area contributed by atoms with Crippen molar-refractivity contribution in [3.63, 3.8) is 0 Å². The number of pyridine rings is 1. The average molecular weight is 1510 g/mol. The molecule has 0 bridgehead atoms. The number of carbonyl (C=O) groups excluding carboxylic acids is 12. The molecule has 7 atom stereocenters. The summed E-state index contributed by atoms with van der Waals surface area (Å²) in [5.74, 6) is -9.08. The molecule has 3 aliphatic carbocycles. The van der Waals surface area contributed by atoms with E-state index in [1.165, 1.54) is 79.9 Å². The number of rotatable bonds is 14. The van der Waals surface area contributed by atoms with E-state index in [0.717, 1.165) is 84.6 Å². The van der Waals surface area contributed by atoms with Gasteiger partial charge in [-0.15, -0.1) is 0 Å². The molecule has 7 rings (SSSR count). The molecule has 25 nitrogen and oxygen atoms in total. The third-order valence-corrected chi connectivity index (χ3v) is 22.9. The van der Waals surface area contributed by atoms with Crippen molar-refractivity contribution >= 4 is 82.5 Å². The first-order valence-electron chi connectivity index (χ1n) is 38.2. The van der Waals surface area contributed by atoms with Crippen LogP contribution < -0.4 is 16.0 Å². The first-order chi connectivity index (χ1) is 50.2. The Bertz CT molecular complexity index is 3400. The van der Waals surface area contributed by atoms with Crippen LogP contribution in [0.3, 0.4) is 0 Å². The van der Waals surface area contributed by atoms with Gasteiger partial charge >= 0.3 is 6.18 Å². The maximum absolute atomic E-state index is 15.9. The summed E-state index contributed by atoms with van der Waals surface area (Å²) in [6.45, 7) is 5.52. The van der Waals surface area contributed by atoms with E-state index < -0.39 is 174 Å². The minimum Gasteiger partial charge on any atom is -0.343 e. The van der Waals surface area contributed by atoms with Crippen molar-refractivity contribution in [1.82, 2.24) is 65.0 Å². The number of carbonyl (C=O) groups is 12. The highest BCUT2D eigenvalue weighted by Gasteiger charge is 2.50. The lowest BCUT2D eigenvalue weighted by atomic mass is 9.81. The van der Waals surface area contributed by atoms with Crippen LogP contribution in [0.15, 0.2) is 42.7 Å². The highest BCUT2D eigenvalue weighted by Crippen LogP contribution is 2.38. The summed E-state index contributed by atoms with van der Waals surface area (Å²) >= 11 is 6.21. The van der Waals surface area contributed by atoms with Gasteiger partial charge in [0, 0.05) is 81.4 Å². The number of hydrogen-bond acceptors (Lipinski definition) is 13. The lowest BCUT2D eigenvalue weighted by Gasteiger charge is -2.43. The number of aromatic nitrogens is 1. The Hall–Kier alpha value is -7.91. The van der Waals surface area contributed by atoms with Gasteiger partial charge in [0.05, 0.1) is 43.2 Å². The van der Waals surface area contributed by atoms with Gasteiger partial charge in [-0.05, 0) is 136 Å². The summed E-state index contributed by atoms with van der Waals surface area (Å²) in [7, 11) is 9.98. The predicted octanol–water partition coefficient (Wildman–Crippen LogP) is 6.90. The van der Waals surface area contributed by atoms with Gasteiger partial charge in [-0.25, -0.2) is 0 Å². The van der Waals surface area contributed by atoms with Crippen LogP contribution >= 0.6 is 11.6 Å². The minimum absolute atomic E-state index is 0.00108. The molecule has 2 aromatic rings. The third kappa shape index (κ3) is 22.8. The Morgan fingerprint density at radius 3 is 1.81 bits per heavy atom. The zero-order valence-electron chi connectivity index (χ0n) is 64.1. The van der Waals surface area contributed by atoms with Crippen molar-refractivity contribution in [2.24, 2.45) is 23.7 Å². The van der Waals surface area contributed by atoms with E-state index in [1.807, 2.05) is 20.8 Å². The molecule has 5 fully saturated rings. The van der Waals surface area contributed by atoms with Gasteiger partial charge in [0.2, 0.25) is 70.9 Å². The van der Waals surface area contributed by atoms with E-state index in [0.29, 0.717) is 63.6 Å². The van der Waals surface area contributed by atoms with Gasteiger partial charge in [-0.1, -0.05) is 116 Å². The number of amides is 12. The first kappa shape index (κ1) is 85.3. The standard InChI is InChI=1S/C77H115ClF3N13O12/c1-12-51(4)67-73(104)88(7)48-65(98)86(5)49-66(99)90(9)60(44-53-24-16-13-17-25-53)71(102)87(6)46-62(95)83-58(31-29-54-28-30-56(57(78)43-54)77(79,80)81)70(101)94(41-34-52-32-37-82-38-33-52)47-63(96)85-76(35-20-21-36-76)75(106)92(11)68(55-26-18-14-19-27-55)74(105)91(10)61(72(103)93-39-22-15-23-40-93)45-64(97)89(8)59(42-50(2)3)69(100)84-67/h28,30,32-33,37-38,43,50-51,53,55,58-61,67-68H,12-27,29,31,34-36,39-42,44-49H2,1-11H3,(H,83,95)(H,84,100)(H,85,96)/t51-,58?,59-,60-,61-,67-,68-/m0/s1. The number of likely N-dealkylation sites (N-methyl/N-ethyl adjacent to an activating group) is 7. The quantitative estimate of drug-likeness (QED) is 0.174. The first-order valence-corrected chi connectivity index (χ1v) is 38.6. The van der Waals surface area contributed by atoms with Crippen molar-refractivity contribution in [3.8, 4) is 0 Å². The zero-order valence-corrected chi connectivity index (χ0v) is 64.9. The maximum atomic E-state index is 15.9. The Kier molecular flexibility index (Phi) is 31.6. The van der Waals surface area contributed by atoms with Crippen molar-refractivity contribution in [3.05, 3.63) is 64.4 Å². The molecule has 12 amide bonds. The fourth-order valence-electron chi connectivity index (χ4n) is 15.8. The van der Waals surface area contributed by atoms with E-state index in [9.17, 15) is 41.9 Å². The van der Waals surface area contributed by atoms with Gasteiger partial charge in [0.1, 0.15) is 41.8 Å². The number of aryl methyl sites for hydroxylation is 1. The second kappa shape index (κ2) is 39.3. The number of alkyl halides is 3. The summed E-state index contributed by atoms with van der Waals surface area (Å²) < 4.78 is 42.0. The summed E-state index contributed by atoms with van der Waals surface area (Å²) in [5.41, 5.74) is -1.72. The van der Waals surface area contributed by atoms with Crippen LogP contribution in [0.5, 0.6) is 0 Å². The number of halogens is 4. The van der Waals surface area contributed by atoms with E-state index in [2.05, 4.69) is 20.9 Å². The maximum Gasteiger partial charge on any atom is 0.417 e. The number of nitrogens with zero attached hydrogens (tertiary/aromatic N) is 10. The van der Waals surface area contributed by atoms with Crippen LogP contribution in [-0.4, -0.2) is 257 Å². The second-order valence-electron chi connectivity index (χ2n) is 30.9. The number of piperidine rings is 1. The highest BCUT2D eigenvalue weighted by molar-refractivity contribution is 6.31. The van der Waals surface area contributed by atoms with Gasteiger partial charge < -0.3 is 60.0 Å². The van der Waals surface area contributed by atoms with E-state index >= 15 is 28.8 Å². The molecule has 106 heavy (non-hydrogen) atoms. The molecule has 3 N–H and O–H groups in total. The average Bonchev–Trinajstić information content (AvgIpc) is 1.21. The van der Waals surface area contributed by atoms with Crippen LogP contribution in [-0.2, 0) is 76.6 Å². The van der Waals surface area contributed by atoms with Gasteiger partial charge in [0.25, 0.3) is 0 Å². The molecule has 3 heterocycles. The molecular formula is C77H115ClF3N13O12. The number of likely N-dealkylation sites (tertiary alicyclic amines) is 1. The van der Waals surface area contributed by atoms with Gasteiger partial charge in [-0.2, -0.15) is 13.2 Å². The van der Waals surface area contributed by atoms with E-state index in [-0.39, 0.29) is 68.9 Å². The highest BCUT2D eigenvalue weighted by atomic mass is 35.5. The summed E-state index contributed by atoms with van der Waals surface area (Å²) in [6.07, 6.45) is 9.44. The predicted molar refractivity (Wildman–Crippen MR) is 393 cm³/mol. The molecular weight excluding hydrogens is 1390 g/mol. The normalized spacial score (nSPS) is 24.8. The Balaban J connectivity index is 1.32. The molecule has 1 spiro atoms. The molecule has 5 aliphatic rings. The van der Waals surface area contributed by atoms with Crippen molar-refractivity contribution in [2.45, 2.75) is 230 Å². The topological polar surface area (TPSA) is 283 Å². The fraction of sp³-hybridized carbons (Fsp3) is 0.701. The zero-order chi connectivity index (χ0) is 77.9. The number of hydrogen-bond donors (Lipinski definition) is 3. The summed E-state index contributed by atoms with van der Waals surface area (Å²) in [6, 6.07) is -1.11. The molecule has 0 radical (unpaired) electrons. The molecule has 2 saturated heterocycles. The van der Waals surface area contributed by atoms with Crippen LogP contribution in [0.25, 0.3) is 0 Å². The monoisotopic (exact) mass is 1510 g/mol. The van der Waals surface area contributed by atoms with Crippen molar-refractivity contribution in [1.29, 1.82) is 0 Å². The van der Waals surface area contributed by atoms with Gasteiger partial charge in [0.15, 0.2) is 0 Å². The minimum atomic E-state index is -4.78.